The van der Waals surface area contributed by atoms with Gasteiger partial charge in [0.1, 0.15) is 17.5 Å². The van der Waals surface area contributed by atoms with E-state index in [-0.39, 0.29) is 5.91 Å². The molecule has 1 N–H and O–H groups in total. The Morgan fingerprint density at radius 3 is 2.21 bits per heavy atom. The van der Waals surface area contributed by atoms with Gasteiger partial charge in [-0.25, -0.2) is 0 Å². The lowest BCUT2D eigenvalue weighted by molar-refractivity contribution is -0.115. The highest BCUT2D eigenvalue weighted by atomic mass is 32.2. The molecule has 6 nitrogen and oxygen atoms in total. The number of nitrogens with one attached hydrogen (secondary N) is 1. The summed E-state index contributed by atoms with van der Waals surface area (Å²) in [5.74, 6) is 2.30. The third kappa shape index (κ3) is 4.96. The molecule has 0 bridgehead atoms. The van der Waals surface area contributed by atoms with E-state index < -0.39 is 0 Å². The summed E-state index contributed by atoms with van der Waals surface area (Å²) < 4.78 is 22.6. The number of thioether (sulfide) groups is 1. The standard InChI is InChI=1S/C20H19NO5S2/c1-23-14-5-3-4-6-15(14)25-9-10-26-16-8-7-13(11-17(16)24-2)12-18-19(22)21-20(27)28-18/h3-8,11-12H,9-10H2,1-2H3,(H,21,22,27)/b18-12+. The van der Waals surface area contributed by atoms with Crippen molar-refractivity contribution in [2.24, 2.45) is 0 Å². The minimum Gasteiger partial charge on any atom is -0.493 e. The minimum atomic E-state index is -0.192. The van der Waals surface area contributed by atoms with Gasteiger partial charge in [-0.1, -0.05) is 42.2 Å². The molecular weight excluding hydrogens is 398 g/mol. The number of amides is 1. The predicted octanol–water partition coefficient (Wildman–Crippen LogP) is 3.65. The highest BCUT2D eigenvalue weighted by Crippen LogP contribution is 2.32. The number of methoxy groups -OCH3 is 2. The molecule has 2 aromatic rings. The molecule has 0 spiro atoms. The number of benzene rings is 2. The summed E-state index contributed by atoms with van der Waals surface area (Å²) in [6.07, 6.45) is 1.76. The summed E-state index contributed by atoms with van der Waals surface area (Å²) in [7, 11) is 3.16. The highest BCUT2D eigenvalue weighted by molar-refractivity contribution is 8.26. The molecule has 1 saturated heterocycles. The number of para-hydroxylation sites is 2. The van der Waals surface area contributed by atoms with Gasteiger partial charge < -0.3 is 24.3 Å². The van der Waals surface area contributed by atoms with Gasteiger partial charge in [0.25, 0.3) is 5.91 Å². The molecule has 2 aromatic carbocycles. The summed E-state index contributed by atoms with van der Waals surface area (Å²) >= 11 is 6.23. The molecular formula is C20H19NO5S2. The van der Waals surface area contributed by atoms with E-state index in [1.807, 2.05) is 30.3 Å². The molecule has 1 aliphatic heterocycles. The van der Waals surface area contributed by atoms with Crippen LogP contribution < -0.4 is 24.3 Å². The molecule has 1 amide bonds. The Hall–Kier alpha value is -2.71. The maximum absolute atomic E-state index is 11.8. The van der Waals surface area contributed by atoms with Crippen molar-refractivity contribution in [2.75, 3.05) is 27.4 Å². The fraction of sp³-hybridized carbons (Fsp3) is 0.200. The fourth-order valence-corrected chi connectivity index (χ4v) is 3.55. The first-order valence-electron chi connectivity index (χ1n) is 8.42. The molecule has 0 aliphatic carbocycles. The molecule has 0 unspecified atom stereocenters. The number of carbonyl (C=O) groups is 1. The Balaban J connectivity index is 1.61. The summed E-state index contributed by atoms with van der Waals surface area (Å²) in [4.78, 5) is 12.3. The second-order valence-electron chi connectivity index (χ2n) is 5.61. The van der Waals surface area contributed by atoms with E-state index in [0.29, 0.717) is 45.4 Å². The van der Waals surface area contributed by atoms with Gasteiger partial charge >= 0.3 is 0 Å². The van der Waals surface area contributed by atoms with E-state index in [4.69, 9.17) is 31.2 Å². The first kappa shape index (κ1) is 20.0. The predicted molar refractivity (Wildman–Crippen MR) is 113 cm³/mol. The van der Waals surface area contributed by atoms with Crippen molar-refractivity contribution in [1.82, 2.24) is 5.32 Å². The summed E-state index contributed by atoms with van der Waals surface area (Å²) in [6, 6.07) is 12.9. The van der Waals surface area contributed by atoms with Crippen LogP contribution in [0.5, 0.6) is 23.0 Å². The third-order valence-corrected chi connectivity index (χ3v) is 4.96. The normalized spacial score (nSPS) is 14.7. The van der Waals surface area contributed by atoms with Crippen LogP contribution in [0.3, 0.4) is 0 Å². The van der Waals surface area contributed by atoms with Crippen molar-refractivity contribution in [1.29, 1.82) is 0 Å². The van der Waals surface area contributed by atoms with Gasteiger partial charge in [-0.05, 0) is 35.9 Å². The maximum Gasteiger partial charge on any atom is 0.263 e. The Morgan fingerprint density at radius 1 is 0.964 bits per heavy atom. The topological polar surface area (TPSA) is 66.0 Å². The molecule has 3 rings (SSSR count). The van der Waals surface area contributed by atoms with Crippen molar-refractivity contribution < 1.29 is 23.7 Å². The SMILES string of the molecule is COc1ccccc1OCCOc1ccc(/C=C2/SC(=S)NC2=O)cc1OC. The minimum absolute atomic E-state index is 0.192. The molecule has 0 saturated carbocycles. The van der Waals surface area contributed by atoms with Crippen LogP contribution in [-0.4, -0.2) is 37.7 Å². The Labute approximate surface area is 172 Å². The lowest BCUT2D eigenvalue weighted by atomic mass is 10.2. The van der Waals surface area contributed by atoms with Crippen molar-refractivity contribution in [2.45, 2.75) is 0 Å². The highest BCUT2D eigenvalue weighted by Gasteiger charge is 2.22. The van der Waals surface area contributed by atoms with Gasteiger partial charge in [-0.2, -0.15) is 0 Å². The summed E-state index contributed by atoms with van der Waals surface area (Å²) in [6.45, 7) is 0.685. The van der Waals surface area contributed by atoms with Gasteiger partial charge in [0.15, 0.2) is 23.0 Å². The van der Waals surface area contributed by atoms with Crippen LogP contribution in [0.2, 0.25) is 0 Å². The van der Waals surface area contributed by atoms with Crippen molar-refractivity contribution >= 4 is 40.3 Å². The van der Waals surface area contributed by atoms with Crippen LogP contribution in [0.25, 0.3) is 6.08 Å². The lowest BCUT2D eigenvalue weighted by Gasteiger charge is -2.13. The number of hydrogen-bond donors (Lipinski definition) is 1. The molecule has 1 fully saturated rings. The zero-order valence-electron chi connectivity index (χ0n) is 15.4. The monoisotopic (exact) mass is 417 g/mol. The van der Waals surface area contributed by atoms with Gasteiger partial charge in [0.05, 0.1) is 19.1 Å². The summed E-state index contributed by atoms with van der Waals surface area (Å²) in [5.41, 5.74) is 0.817. The van der Waals surface area contributed by atoms with E-state index >= 15 is 0 Å². The van der Waals surface area contributed by atoms with Gasteiger partial charge in [-0.3, -0.25) is 4.79 Å². The molecule has 0 radical (unpaired) electrons. The van der Waals surface area contributed by atoms with E-state index in [1.165, 1.54) is 11.8 Å². The molecule has 8 heteroatoms. The fourth-order valence-electron chi connectivity index (χ4n) is 2.51. The second-order valence-corrected chi connectivity index (χ2v) is 7.33. The average molecular weight is 418 g/mol. The third-order valence-electron chi connectivity index (χ3n) is 3.80. The van der Waals surface area contributed by atoms with Crippen LogP contribution in [-0.2, 0) is 4.79 Å². The number of hydrogen-bond acceptors (Lipinski definition) is 7. The number of thiocarbonyl (C=S) groups is 1. The van der Waals surface area contributed by atoms with Crippen LogP contribution >= 0.6 is 24.0 Å². The van der Waals surface area contributed by atoms with E-state index in [9.17, 15) is 4.79 Å². The smallest absolute Gasteiger partial charge is 0.263 e. The van der Waals surface area contributed by atoms with Gasteiger partial charge in [-0.15, -0.1) is 0 Å². The molecule has 28 heavy (non-hydrogen) atoms. The number of ether oxygens (including phenoxy) is 4. The van der Waals surface area contributed by atoms with Crippen molar-refractivity contribution in [3.8, 4) is 23.0 Å². The Morgan fingerprint density at radius 2 is 1.61 bits per heavy atom. The Kier molecular flexibility index (Phi) is 6.78. The maximum atomic E-state index is 11.8. The largest absolute Gasteiger partial charge is 0.493 e. The van der Waals surface area contributed by atoms with E-state index in [1.54, 1.807) is 32.4 Å². The molecule has 1 heterocycles. The molecule has 0 atom stereocenters. The van der Waals surface area contributed by atoms with Gasteiger partial charge in [0.2, 0.25) is 0 Å². The molecule has 146 valence electrons. The quantitative estimate of drug-likeness (QED) is 0.399. The average Bonchev–Trinajstić information content (AvgIpc) is 3.02. The zero-order chi connectivity index (χ0) is 19.9. The number of rotatable bonds is 8. The van der Waals surface area contributed by atoms with E-state index in [0.717, 1.165) is 5.56 Å². The zero-order valence-corrected chi connectivity index (χ0v) is 17.0. The van der Waals surface area contributed by atoms with E-state index in [2.05, 4.69) is 5.32 Å². The van der Waals surface area contributed by atoms with Crippen LogP contribution in [0.1, 0.15) is 5.56 Å². The summed E-state index contributed by atoms with van der Waals surface area (Å²) in [5, 5.41) is 2.59. The van der Waals surface area contributed by atoms with Gasteiger partial charge in [0, 0.05) is 0 Å². The van der Waals surface area contributed by atoms with Crippen LogP contribution in [0.4, 0.5) is 0 Å². The van der Waals surface area contributed by atoms with Crippen LogP contribution in [0.15, 0.2) is 47.4 Å². The first-order chi connectivity index (χ1) is 13.6. The second kappa shape index (κ2) is 9.48. The van der Waals surface area contributed by atoms with Crippen LogP contribution in [0, 0.1) is 0 Å². The lowest BCUT2D eigenvalue weighted by Crippen LogP contribution is -2.17. The number of carbonyl (C=O) groups excluding carboxylic acids is 1. The Bertz CT molecular complexity index is 913. The first-order valence-corrected chi connectivity index (χ1v) is 9.64. The van der Waals surface area contributed by atoms with Crippen molar-refractivity contribution in [3.63, 3.8) is 0 Å². The van der Waals surface area contributed by atoms with Crippen molar-refractivity contribution in [3.05, 3.63) is 52.9 Å². The molecule has 1 aliphatic rings. The molecule has 0 aromatic heterocycles.